The van der Waals surface area contributed by atoms with Gasteiger partial charge in [0.1, 0.15) is 0 Å². The van der Waals surface area contributed by atoms with E-state index < -0.39 is 9.84 Å². The molecule has 2 rings (SSSR count). The van der Waals surface area contributed by atoms with Crippen molar-refractivity contribution < 1.29 is 17.6 Å². The second-order valence-electron chi connectivity index (χ2n) is 4.08. The number of amides is 1. The molecule has 17 heavy (non-hydrogen) atoms. The van der Waals surface area contributed by atoms with Crippen LogP contribution in [0.15, 0.2) is 16.5 Å². The zero-order chi connectivity index (χ0) is 12.5. The van der Waals surface area contributed by atoms with Gasteiger partial charge in [-0.1, -0.05) is 0 Å². The fourth-order valence-corrected chi connectivity index (χ4v) is 3.80. The average Bonchev–Trinajstić information content (AvgIpc) is 2.81. The van der Waals surface area contributed by atoms with Crippen LogP contribution in [0.5, 0.6) is 0 Å². The van der Waals surface area contributed by atoms with Crippen molar-refractivity contribution in [2.75, 3.05) is 18.1 Å². The van der Waals surface area contributed by atoms with Gasteiger partial charge in [-0.05, 0) is 36.1 Å². The van der Waals surface area contributed by atoms with Gasteiger partial charge in [0.25, 0.3) is 5.91 Å². The van der Waals surface area contributed by atoms with Crippen molar-refractivity contribution in [2.45, 2.75) is 6.42 Å². The van der Waals surface area contributed by atoms with Crippen LogP contribution in [-0.4, -0.2) is 32.4 Å². The standard InChI is InChI=1S/C10H12ClNO4S/c11-9-2-1-8(16-9)10(13)12-5-7-3-4-17(14,15)6-7/h1-2,7H,3-6H2,(H,12,13)/t7-/m0/s1. The first-order chi connectivity index (χ1) is 7.96. The number of sulfone groups is 1. The molecule has 94 valence electrons. The fourth-order valence-electron chi connectivity index (χ4n) is 1.79. The van der Waals surface area contributed by atoms with E-state index in [2.05, 4.69) is 5.32 Å². The first-order valence-electron chi connectivity index (χ1n) is 5.20. The molecule has 1 fully saturated rings. The van der Waals surface area contributed by atoms with Crippen LogP contribution in [0, 0.1) is 5.92 Å². The number of halogens is 1. The molecule has 0 radical (unpaired) electrons. The van der Waals surface area contributed by atoms with Gasteiger partial charge < -0.3 is 9.73 Å². The second kappa shape index (κ2) is 4.70. The summed E-state index contributed by atoms with van der Waals surface area (Å²) in [5.74, 6) is 0.109. The molecular weight excluding hydrogens is 266 g/mol. The van der Waals surface area contributed by atoms with E-state index in [1.807, 2.05) is 0 Å². The van der Waals surface area contributed by atoms with Gasteiger partial charge in [-0.15, -0.1) is 0 Å². The number of hydrogen-bond donors (Lipinski definition) is 1. The summed E-state index contributed by atoms with van der Waals surface area (Å²) in [6.07, 6.45) is 0.599. The van der Waals surface area contributed by atoms with E-state index in [9.17, 15) is 13.2 Å². The van der Waals surface area contributed by atoms with Crippen molar-refractivity contribution in [1.82, 2.24) is 5.32 Å². The molecule has 1 aliphatic heterocycles. The van der Waals surface area contributed by atoms with Gasteiger partial charge in [0.2, 0.25) is 0 Å². The van der Waals surface area contributed by atoms with Gasteiger partial charge in [0.15, 0.2) is 20.8 Å². The molecule has 2 heterocycles. The third kappa shape index (κ3) is 3.23. The highest BCUT2D eigenvalue weighted by Gasteiger charge is 2.28. The van der Waals surface area contributed by atoms with Crippen LogP contribution in [0.4, 0.5) is 0 Å². The van der Waals surface area contributed by atoms with Gasteiger partial charge in [-0.25, -0.2) is 8.42 Å². The lowest BCUT2D eigenvalue weighted by Crippen LogP contribution is -2.29. The first-order valence-corrected chi connectivity index (χ1v) is 7.40. The number of carbonyl (C=O) groups excluding carboxylic acids is 1. The van der Waals surface area contributed by atoms with E-state index in [1.54, 1.807) is 0 Å². The van der Waals surface area contributed by atoms with Crippen LogP contribution in [0.25, 0.3) is 0 Å². The van der Waals surface area contributed by atoms with E-state index >= 15 is 0 Å². The Hall–Kier alpha value is -1.01. The normalized spacial score (nSPS) is 22.5. The average molecular weight is 278 g/mol. The maximum Gasteiger partial charge on any atom is 0.287 e. The Morgan fingerprint density at radius 2 is 2.29 bits per heavy atom. The maximum absolute atomic E-state index is 11.6. The molecule has 0 aliphatic carbocycles. The van der Waals surface area contributed by atoms with Gasteiger partial charge in [0.05, 0.1) is 11.5 Å². The summed E-state index contributed by atoms with van der Waals surface area (Å²) in [5, 5.41) is 2.79. The molecule has 7 heteroatoms. The SMILES string of the molecule is O=C(NC[C@@H]1CCS(=O)(=O)C1)c1ccc(Cl)o1. The van der Waals surface area contributed by atoms with E-state index in [1.165, 1.54) is 12.1 Å². The molecule has 0 aromatic carbocycles. The van der Waals surface area contributed by atoms with Crippen LogP contribution < -0.4 is 5.32 Å². The Balaban J connectivity index is 1.85. The lowest BCUT2D eigenvalue weighted by Gasteiger charge is -2.07. The van der Waals surface area contributed by atoms with Crippen LogP contribution in [-0.2, 0) is 9.84 Å². The molecule has 1 atom stereocenters. The molecule has 1 saturated heterocycles. The number of rotatable bonds is 3. The highest BCUT2D eigenvalue weighted by atomic mass is 35.5. The Morgan fingerprint density at radius 3 is 2.82 bits per heavy atom. The molecule has 1 aliphatic rings. The van der Waals surface area contributed by atoms with Crippen molar-refractivity contribution in [3.8, 4) is 0 Å². The quantitative estimate of drug-likeness (QED) is 0.897. The summed E-state index contributed by atoms with van der Waals surface area (Å²) in [6, 6.07) is 2.96. The minimum atomic E-state index is -2.90. The minimum Gasteiger partial charge on any atom is -0.440 e. The largest absolute Gasteiger partial charge is 0.440 e. The zero-order valence-electron chi connectivity index (χ0n) is 8.98. The molecule has 1 aromatic heterocycles. The smallest absolute Gasteiger partial charge is 0.287 e. The monoisotopic (exact) mass is 277 g/mol. The van der Waals surface area contributed by atoms with Crippen LogP contribution in [0.2, 0.25) is 5.22 Å². The van der Waals surface area contributed by atoms with E-state index in [4.69, 9.17) is 16.0 Å². The van der Waals surface area contributed by atoms with Gasteiger partial charge in [-0.3, -0.25) is 4.79 Å². The van der Waals surface area contributed by atoms with E-state index in [0.29, 0.717) is 13.0 Å². The van der Waals surface area contributed by atoms with Crippen LogP contribution in [0.3, 0.4) is 0 Å². The van der Waals surface area contributed by atoms with Crippen LogP contribution >= 0.6 is 11.6 Å². The number of hydrogen-bond acceptors (Lipinski definition) is 4. The summed E-state index contributed by atoms with van der Waals surface area (Å²) in [6.45, 7) is 0.344. The number of furan rings is 1. The summed E-state index contributed by atoms with van der Waals surface area (Å²) < 4.78 is 27.4. The van der Waals surface area contributed by atoms with Crippen molar-refractivity contribution in [2.24, 2.45) is 5.92 Å². The van der Waals surface area contributed by atoms with E-state index in [0.717, 1.165) is 0 Å². The van der Waals surface area contributed by atoms with Crippen molar-refractivity contribution in [3.63, 3.8) is 0 Å². The molecule has 0 saturated carbocycles. The van der Waals surface area contributed by atoms with Crippen molar-refractivity contribution in [1.29, 1.82) is 0 Å². The van der Waals surface area contributed by atoms with Crippen molar-refractivity contribution in [3.05, 3.63) is 23.1 Å². The molecule has 1 amide bonds. The summed E-state index contributed by atoms with van der Waals surface area (Å²) in [7, 11) is -2.90. The summed E-state index contributed by atoms with van der Waals surface area (Å²) in [5.41, 5.74) is 0. The van der Waals surface area contributed by atoms with Gasteiger partial charge >= 0.3 is 0 Å². The predicted octanol–water partition coefficient (Wildman–Crippen LogP) is 1.10. The number of carbonyl (C=O) groups is 1. The maximum atomic E-state index is 11.6. The topological polar surface area (TPSA) is 76.4 Å². The summed E-state index contributed by atoms with van der Waals surface area (Å²) in [4.78, 5) is 11.6. The fraction of sp³-hybridized carbons (Fsp3) is 0.500. The Kier molecular flexibility index (Phi) is 3.44. The molecule has 0 unspecified atom stereocenters. The van der Waals surface area contributed by atoms with Crippen molar-refractivity contribution >= 4 is 27.3 Å². The number of nitrogens with one attached hydrogen (secondary N) is 1. The third-order valence-electron chi connectivity index (χ3n) is 2.68. The minimum absolute atomic E-state index is 0.00520. The summed E-state index contributed by atoms with van der Waals surface area (Å²) >= 11 is 5.54. The van der Waals surface area contributed by atoms with Crippen LogP contribution in [0.1, 0.15) is 17.0 Å². The third-order valence-corrected chi connectivity index (χ3v) is 4.72. The second-order valence-corrected chi connectivity index (χ2v) is 6.68. The highest BCUT2D eigenvalue weighted by molar-refractivity contribution is 7.91. The first kappa shape index (κ1) is 12.4. The Labute approximate surface area is 104 Å². The predicted molar refractivity (Wildman–Crippen MR) is 62.8 cm³/mol. The van der Waals surface area contributed by atoms with E-state index in [-0.39, 0.29) is 34.3 Å². The lowest BCUT2D eigenvalue weighted by molar-refractivity contribution is 0.0921. The molecule has 1 N–H and O–H groups in total. The Bertz CT molecular complexity index is 522. The Morgan fingerprint density at radius 1 is 1.53 bits per heavy atom. The van der Waals surface area contributed by atoms with Gasteiger partial charge in [-0.2, -0.15) is 0 Å². The highest BCUT2D eigenvalue weighted by Crippen LogP contribution is 2.18. The molecule has 0 spiro atoms. The molecule has 1 aromatic rings. The molecular formula is C10H12ClNO4S. The molecule has 0 bridgehead atoms. The molecule has 5 nitrogen and oxygen atoms in total. The zero-order valence-corrected chi connectivity index (χ0v) is 10.6. The lowest BCUT2D eigenvalue weighted by atomic mass is 10.1. The van der Waals surface area contributed by atoms with Gasteiger partial charge in [0, 0.05) is 6.54 Å².